The van der Waals surface area contributed by atoms with E-state index in [4.69, 9.17) is 27.4 Å². The van der Waals surface area contributed by atoms with Crippen LogP contribution in [0.2, 0.25) is 0 Å². The van der Waals surface area contributed by atoms with Gasteiger partial charge in [-0.2, -0.15) is 0 Å². The molecule has 5 heteroatoms. The molecule has 0 fully saturated rings. The molecule has 0 saturated heterocycles. The predicted octanol–water partition coefficient (Wildman–Crippen LogP) is 2.92. The van der Waals surface area contributed by atoms with Gasteiger partial charge in [0, 0.05) is 11.6 Å². The molecule has 1 heterocycles. The van der Waals surface area contributed by atoms with Crippen LogP contribution in [0.25, 0.3) is 0 Å². The Kier molecular flexibility index (Phi) is 4.75. The van der Waals surface area contributed by atoms with Crippen molar-refractivity contribution in [2.45, 2.75) is 20.5 Å². The molecule has 0 aliphatic rings. The molecule has 0 atom stereocenters. The Labute approximate surface area is 129 Å². The zero-order valence-electron chi connectivity index (χ0n) is 12.3. The van der Waals surface area contributed by atoms with E-state index in [1.807, 2.05) is 38.1 Å². The molecule has 1 aromatic carbocycles. The van der Waals surface area contributed by atoms with Crippen LogP contribution in [0.5, 0.6) is 11.6 Å². The van der Waals surface area contributed by atoms with E-state index in [1.54, 1.807) is 13.2 Å². The maximum Gasteiger partial charge on any atom is 0.213 e. The number of rotatable bonds is 5. The van der Waals surface area contributed by atoms with E-state index in [0.29, 0.717) is 17.5 Å². The van der Waals surface area contributed by atoms with Gasteiger partial charge in [-0.3, -0.25) is 0 Å². The highest BCUT2D eigenvalue weighted by molar-refractivity contribution is 7.80. The Morgan fingerprint density at radius 1 is 1.24 bits per heavy atom. The molecule has 110 valence electrons. The maximum atomic E-state index is 5.89. The fourth-order valence-electron chi connectivity index (χ4n) is 2.12. The van der Waals surface area contributed by atoms with Crippen molar-refractivity contribution >= 4 is 17.2 Å². The van der Waals surface area contributed by atoms with E-state index in [-0.39, 0.29) is 0 Å². The number of nitrogens with zero attached hydrogens (tertiary/aromatic N) is 1. The zero-order chi connectivity index (χ0) is 15.4. The Balaban J connectivity index is 2.18. The summed E-state index contributed by atoms with van der Waals surface area (Å²) in [5.74, 6) is 1.41. The average Bonchev–Trinajstić information content (AvgIpc) is 2.46. The van der Waals surface area contributed by atoms with E-state index in [0.717, 1.165) is 28.1 Å². The number of thiocarbonyl (C=S) groups is 1. The van der Waals surface area contributed by atoms with Gasteiger partial charge in [0.05, 0.1) is 12.8 Å². The van der Waals surface area contributed by atoms with Crippen molar-refractivity contribution in [2.75, 3.05) is 7.11 Å². The third kappa shape index (κ3) is 3.70. The van der Waals surface area contributed by atoms with E-state index < -0.39 is 0 Å². The third-order valence-electron chi connectivity index (χ3n) is 3.10. The summed E-state index contributed by atoms with van der Waals surface area (Å²) in [6.07, 6.45) is 0. The first kappa shape index (κ1) is 15.3. The van der Waals surface area contributed by atoms with Gasteiger partial charge in [0.15, 0.2) is 0 Å². The first-order valence-corrected chi connectivity index (χ1v) is 6.96. The zero-order valence-corrected chi connectivity index (χ0v) is 13.2. The number of aromatic nitrogens is 1. The Morgan fingerprint density at radius 2 is 1.90 bits per heavy atom. The second kappa shape index (κ2) is 6.54. The third-order valence-corrected chi connectivity index (χ3v) is 3.34. The minimum absolute atomic E-state index is 0.380. The quantitative estimate of drug-likeness (QED) is 0.861. The van der Waals surface area contributed by atoms with Crippen molar-refractivity contribution in [2.24, 2.45) is 5.73 Å². The molecule has 0 aliphatic heterocycles. The van der Waals surface area contributed by atoms with Crippen LogP contribution < -0.4 is 15.2 Å². The van der Waals surface area contributed by atoms with Crippen molar-refractivity contribution in [1.82, 2.24) is 4.98 Å². The summed E-state index contributed by atoms with van der Waals surface area (Å²) in [7, 11) is 1.59. The highest BCUT2D eigenvalue weighted by Crippen LogP contribution is 2.25. The molecule has 0 aliphatic carbocycles. The van der Waals surface area contributed by atoms with Crippen molar-refractivity contribution < 1.29 is 9.47 Å². The van der Waals surface area contributed by atoms with Gasteiger partial charge in [0.25, 0.3) is 0 Å². The van der Waals surface area contributed by atoms with Crippen LogP contribution in [0.1, 0.15) is 22.4 Å². The topological polar surface area (TPSA) is 57.4 Å². The molecule has 0 spiro atoms. The Bertz CT molecular complexity index is 648. The van der Waals surface area contributed by atoms with Crippen LogP contribution in [0.3, 0.4) is 0 Å². The lowest BCUT2D eigenvalue weighted by Crippen LogP contribution is -2.10. The summed E-state index contributed by atoms with van der Waals surface area (Å²) in [6, 6.07) is 9.46. The fraction of sp³-hybridized carbons (Fsp3) is 0.250. The molecule has 0 saturated carbocycles. The minimum Gasteiger partial charge on any atom is -0.487 e. The molecule has 2 aromatic rings. The van der Waals surface area contributed by atoms with Crippen molar-refractivity contribution in [1.29, 1.82) is 0 Å². The van der Waals surface area contributed by atoms with Gasteiger partial charge in [-0.25, -0.2) is 4.98 Å². The Hall–Kier alpha value is -2.14. The van der Waals surface area contributed by atoms with Crippen LogP contribution >= 0.6 is 12.2 Å². The summed E-state index contributed by atoms with van der Waals surface area (Å²) >= 11 is 5.01. The molecule has 1 aromatic heterocycles. The molecule has 4 nitrogen and oxygen atoms in total. The number of ether oxygens (including phenoxy) is 2. The van der Waals surface area contributed by atoms with Crippen molar-refractivity contribution in [3.8, 4) is 11.6 Å². The van der Waals surface area contributed by atoms with Crippen LogP contribution in [0.15, 0.2) is 30.3 Å². The number of methoxy groups -OCH3 is 1. The van der Waals surface area contributed by atoms with Crippen molar-refractivity contribution in [3.05, 3.63) is 52.7 Å². The highest BCUT2D eigenvalue weighted by atomic mass is 32.1. The number of hydrogen-bond acceptors (Lipinski definition) is 4. The highest BCUT2D eigenvalue weighted by Gasteiger charge is 2.09. The van der Waals surface area contributed by atoms with Crippen LogP contribution in [0, 0.1) is 13.8 Å². The van der Waals surface area contributed by atoms with Gasteiger partial charge < -0.3 is 15.2 Å². The first-order valence-electron chi connectivity index (χ1n) is 6.55. The standard InChI is InChI=1S/C16H18N2O2S/c1-10-7-12(16(17)21)8-11(2)15(10)20-9-13-5-4-6-14(18-13)19-3/h4-8H,9H2,1-3H3,(H2,17,21). The predicted molar refractivity (Wildman–Crippen MR) is 86.9 cm³/mol. The van der Waals surface area contributed by atoms with Crippen LogP contribution in [-0.2, 0) is 6.61 Å². The second-order valence-corrected chi connectivity index (χ2v) is 5.20. The number of pyridine rings is 1. The lowest BCUT2D eigenvalue weighted by molar-refractivity contribution is 0.294. The molecule has 0 unspecified atom stereocenters. The van der Waals surface area contributed by atoms with Gasteiger partial charge in [-0.15, -0.1) is 0 Å². The first-order chi connectivity index (χ1) is 10.0. The monoisotopic (exact) mass is 302 g/mol. The minimum atomic E-state index is 0.380. The summed E-state index contributed by atoms with van der Waals surface area (Å²) in [6.45, 7) is 4.33. The SMILES string of the molecule is COc1cccc(COc2c(C)cc(C(N)=S)cc2C)n1. The number of aryl methyl sites for hydroxylation is 2. The van der Waals surface area contributed by atoms with Gasteiger partial charge in [-0.05, 0) is 43.2 Å². The largest absolute Gasteiger partial charge is 0.487 e. The van der Waals surface area contributed by atoms with E-state index >= 15 is 0 Å². The van der Waals surface area contributed by atoms with E-state index in [1.165, 1.54) is 0 Å². The molecule has 0 amide bonds. The van der Waals surface area contributed by atoms with Gasteiger partial charge in [0.1, 0.15) is 17.3 Å². The van der Waals surface area contributed by atoms with Crippen molar-refractivity contribution in [3.63, 3.8) is 0 Å². The van der Waals surface area contributed by atoms with Gasteiger partial charge in [-0.1, -0.05) is 18.3 Å². The summed E-state index contributed by atoms with van der Waals surface area (Å²) in [5.41, 5.74) is 9.33. The Morgan fingerprint density at radius 3 is 2.48 bits per heavy atom. The van der Waals surface area contributed by atoms with Gasteiger partial charge >= 0.3 is 0 Å². The fourth-order valence-corrected chi connectivity index (χ4v) is 2.24. The lowest BCUT2D eigenvalue weighted by atomic mass is 10.1. The second-order valence-electron chi connectivity index (χ2n) is 4.76. The van der Waals surface area contributed by atoms with E-state index in [9.17, 15) is 0 Å². The number of hydrogen-bond donors (Lipinski definition) is 1. The molecular formula is C16H18N2O2S. The van der Waals surface area contributed by atoms with E-state index in [2.05, 4.69) is 4.98 Å². The normalized spacial score (nSPS) is 10.2. The summed E-state index contributed by atoms with van der Waals surface area (Å²) in [5, 5.41) is 0. The number of nitrogens with two attached hydrogens (primary N) is 1. The maximum absolute atomic E-state index is 5.89. The molecule has 21 heavy (non-hydrogen) atoms. The lowest BCUT2D eigenvalue weighted by Gasteiger charge is -2.13. The molecule has 0 radical (unpaired) electrons. The molecule has 2 N–H and O–H groups in total. The van der Waals surface area contributed by atoms with Crippen LogP contribution in [-0.4, -0.2) is 17.1 Å². The average molecular weight is 302 g/mol. The van der Waals surface area contributed by atoms with Crippen LogP contribution in [0.4, 0.5) is 0 Å². The number of benzene rings is 1. The summed E-state index contributed by atoms with van der Waals surface area (Å²) < 4.78 is 11.0. The molecule has 0 bridgehead atoms. The van der Waals surface area contributed by atoms with Gasteiger partial charge in [0.2, 0.25) is 5.88 Å². The molecule has 2 rings (SSSR count). The summed E-state index contributed by atoms with van der Waals surface area (Å²) in [4.78, 5) is 4.71. The smallest absolute Gasteiger partial charge is 0.213 e. The molecular weight excluding hydrogens is 284 g/mol.